The molecule has 0 radical (unpaired) electrons. The number of hydrogen-bond acceptors (Lipinski definition) is 2. The molecule has 0 aliphatic heterocycles. The zero-order valence-corrected chi connectivity index (χ0v) is 13.9. The molecule has 0 unspecified atom stereocenters. The molecule has 0 saturated carbocycles. The summed E-state index contributed by atoms with van der Waals surface area (Å²) >= 11 is 7.18. The van der Waals surface area contributed by atoms with E-state index in [1.165, 1.54) is 0 Å². The lowest BCUT2D eigenvalue weighted by Crippen LogP contribution is -1.89. The van der Waals surface area contributed by atoms with Crippen LogP contribution in [0.3, 0.4) is 0 Å². The van der Waals surface area contributed by atoms with Crippen LogP contribution >= 0.6 is 31.9 Å². The van der Waals surface area contributed by atoms with Crippen molar-refractivity contribution in [1.82, 2.24) is 4.98 Å². The van der Waals surface area contributed by atoms with E-state index in [1.807, 2.05) is 48.5 Å². The van der Waals surface area contributed by atoms with Crippen molar-refractivity contribution < 1.29 is 5.11 Å². The highest BCUT2D eigenvalue weighted by atomic mass is 79.9. The summed E-state index contributed by atoms with van der Waals surface area (Å²) in [5.41, 5.74) is 1.46. The highest BCUT2D eigenvalue weighted by Gasteiger charge is 2.16. The van der Waals surface area contributed by atoms with Crippen LogP contribution in [0.1, 0.15) is 0 Å². The van der Waals surface area contributed by atoms with Gasteiger partial charge in [0.2, 0.25) is 0 Å². The van der Waals surface area contributed by atoms with Gasteiger partial charge in [-0.2, -0.15) is 0 Å². The molecule has 0 bridgehead atoms. The lowest BCUT2D eigenvalue weighted by atomic mass is 10.0. The van der Waals surface area contributed by atoms with Gasteiger partial charge in [-0.05, 0) is 43.3 Å². The smallest absolute Gasteiger partial charge is 0.156 e. The van der Waals surface area contributed by atoms with Gasteiger partial charge in [0.25, 0.3) is 0 Å². The lowest BCUT2D eigenvalue weighted by molar-refractivity contribution is 0.478. The van der Waals surface area contributed by atoms with E-state index in [0.717, 1.165) is 31.5 Å². The molecule has 3 aromatic carbocycles. The summed E-state index contributed by atoms with van der Waals surface area (Å²) in [7, 11) is 0. The fourth-order valence-corrected chi connectivity index (χ4v) is 3.98. The van der Waals surface area contributed by atoms with Crippen molar-refractivity contribution >= 4 is 64.4 Å². The van der Waals surface area contributed by atoms with Gasteiger partial charge in [-0.1, -0.05) is 42.5 Å². The summed E-state index contributed by atoms with van der Waals surface area (Å²) in [5, 5.41) is 14.5. The van der Waals surface area contributed by atoms with Crippen molar-refractivity contribution in [3.05, 3.63) is 57.5 Å². The van der Waals surface area contributed by atoms with Gasteiger partial charge in [0, 0.05) is 20.6 Å². The van der Waals surface area contributed by atoms with Gasteiger partial charge in [0.1, 0.15) is 5.52 Å². The summed E-state index contributed by atoms with van der Waals surface area (Å²) in [6, 6.07) is 15.9. The van der Waals surface area contributed by atoms with Crippen LogP contribution in [0.5, 0.6) is 5.75 Å². The van der Waals surface area contributed by atoms with E-state index in [-0.39, 0.29) is 5.75 Å². The molecule has 1 N–H and O–H groups in total. The fraction of sp³-hybridized carbons (Fsp3) is 0. The van der Waals surface area contributed by atoms with Crippen molar-refractivity contribution in [3.63, 3.8) is 0 Å². The minimum Gasteiger partial charge on any atom is -0.505 e. The Hall–Kier alpha value is -1.65. The van der Waals surface area contributed by atoms with Crippen LogP contribution in [0.4, 0.5) is 0 Å². The number of rotatable bonds is 0. The van der Waals surface area contributed by atoms with Crippen LogP contribution in [0.2, 0.25) is 0 Å². The quantitative estimate of drug-likeness (QED) is 0.299. The van der Waals surface area contributed by atoms with Crippen LogP contribution in [0.25, 0.3) is 32.6 Å². The second-order valence-corrected chi connectivity index (χ2v) is 6.46. The molecule has 2 nitrogen and oxygen atoms in total. The monoisotopic (exact) mass is 401 g/mol. The molecule has 0 fully saturated rings. The number of para-hydroxylation sites is 1. The highest BCUT2D eigenvalue weighted by molar-refractivity contribution is 9.11. The van der Waals surface area contributed by atoms with Gasteiger partial charge in [0.05, 0.1) is 9.99 Å². The van der Waals surface area contributed by atoms with Crippen molar-refractivity contribution in [2.24, 2.45) is 0 Å². The summed E-state index contributed by atoms with van der Waals surface area (Å²) in [5.74, 6) is 0.176. The third-order valence-electron chi connectivity index (χ3n) is 3.69. The maximum Gasteiger partial charge on any atom is 0.156 e. The average molecular weight is 403 g/mol. The molecular weight excluding hydrogens is 394 g/mol. The Morgan fingerprint density at radius 2 is 1.38 bits per heavy atom. The molecule has 0 aliphatic carbocycles. The van der Waals surface area contributed by atoms with Crippen LogP contribution in [0, 0.1) is 0 Å². The van der Waals surface area contributed by atoms with Gasteiger partial charge in [-0.3, -0.25) is 0 Å². The first kappa shape index (κ1) is 13.0. The van der Waals surface area contributed by atoms with Crippen LogP contribution < -0.4 is 0 Å². The Labute approximate surface area is 137 Å². The van der Waals surface area contributed by atoms with Gasteiger partial charge in [0.15, 0.2) is 5.75 Å². The maximum absolute atomic E-state index is 10.5. The highest BCUT2D eigenvalue weighted by Crippen LogP contribution is 2.44. The Morgan fingerprint density at radius 1 is 0.762 bits per heavy atom. The van der Waals surface area contributed by atoms with E-state index < -0.39 is 0 Å². The van der Waals surface area contributed by atoms with E-state index in [9.17, 15) is 5.11 Å². The van der Waals surface area contributed by atoms with E-state index in [1.54, 1.807) is 0 Å². The van der Waals surface area contributed by atoms with Crippen LogP contribution in [-0.2, 0) is 0 Å². The third-order valence-corrected chi connectivity index (χ3v) is 5.32. The van der Waals surface area contributed by atoms with Crippen molar-refractivity contribution in [3.8, 4) is 5.75 Å². The molecule has 0 saturated heterocycles. The number of hydrogen-bond donors (Lipinski definition) is 1. The second kappa shape index (κ2) is 4.68. The summed E-state index contributed by atoms with van der Waals surface area (Å²) in [6.45, 7) is 0. The molecule has 4 heteroatoms. The minimum absolute atomic E-state index is 0.176. The predicted molar refractivity (Wildman–Crippen MR) is 93.8 cm³/mol. The summed E-state index contributed by atoms with van der Waals surface area (Å²) < 4.78 is 1.64. The second-order valence-electron chi connectivity index (χ2n) is 4.87. The van der Waals surface area contributed by atoms with Gasteiger partial charge < -0.3 is 5.11 Å². The van der Waals surface area contributed by atoms with Crippen molar-refractivity contribution in [2.75, 3.05) is 0 Å². The normalized spacial score (nSPS) is 11.5. The third kappa shape index (κ3) is 1.79. The molecule has 0 atom stereocenters. The first-order valence-corrected chi connectivity index (χ1v) is 8.04. The maximum atomic E-state index is 10.5. The molecule has 1 heterocycles. The Kier molecular flexibility index (Phi) is 2.91. The zero-order chi connectivity index (χ0) is 14.6. The van der Waals surface area contributed by atoms with Crippen LogP contribution in [0.15, 0.2) is 57.5 Å². The molecular formula is C17H9Br2NO. The fourth-order valence-electron chi connectivity index (χ4n) is 2.71. The molecule has 4 aromatic rings. The van der Waals surface area contributed by atoms with E-state index in [2.05, 4.69) is 36.8 Å². The molecule has 1 aromatic heterocycles. The number of pyridine rings is 1. The SMILES string of the molecule is Oc1c(Br)c2ccccc2c2c(Br)c3ccccc3nc12. The van der Waals surface area contributed by atoms with Crippen molar-refractivity contribution in [2.45, 2.75) is 0 Å². The average Bonchev–Trinajstić information content (AvgIpc) is 2.52. The number of benzene rings is 3. The standard InChI is InChI=1S/C17H9Br2NO/c18-14-11-7-3-4-8-12(11)20-16-13(14)9-5-1-2-6-10(9)15(19)17(16)21/h1-8,21H. The Morgan fingerprint density at radius 3 is 2.14 bits per heavy atom. The number of aromatic hydroxyl groups is 1. The summed E-state index contributed by atoms with van der Waals surface area (Å²) in [6.07, 6.45) is 0. The first-order valence-electron chi connectivity index (χ1n) is 6.45. The molecule has 0 aliphatic rings. The van der Waals surface area contributed by atoms with E-state index >= 15 is 0 Å². The van der Waals surface area contributed by atoms with Gasteiger partial charge in [-0.25, -0.2) is 4.98 Å². The zero-order valence-electron chi connectivity index (χ0n) is 10.8. The van der Waals surface area contributed by atoms with Crippen molar-refractivity contribution in [1.29, 1.82) is 0 Å². The molecule has 0 spiro atoms. The predicted octanol–water partition coefficient (Wildman–Crippen LogP) is 5.77. The largest absolute Gasteiger partial charge is 0.505 e. The number of phenolic OH excluding ortho intramolecular Hbond substituents is 1. The summed E-state index contributed by atoms with van der Waals surface area (Å²) in [4.78, 5) is 4.64. The van der Waals surface area contributed by atoms with Gasteiger partial charge in [-0.15, -0.1) is 0 Å². The van der Waals surface area contributed by atoms with Gasteiger partial charge >= 0.3 is 0 Å². The van der Waals surface area contributed by atoms with E-state index in [4.69, 9.17) is 0 Å². The topological polar surface area (TPSA) is 33.1 Å². The Bertz CT molecular complexity index is 1030. The first-order chi connectivity index (χ1) is 10.2. The number of halogens is 2. The molecule has 102 valence electrons. The molecule has 21 heavy (non-hydrogen) atoms. The molecule has 4 rings (SSSR count). The number of nitrogens with zero attached hydrogens (tertiary/aromatic N) is 1. The number of phenols is 1. The number of aromatic nitrogens is 1. The molecule has 0 amide bonds. The Balaban J connectivity index is 2.40. The van der Waals surface area contributed by atoms with Crippen LogP contribution in [-0.4, -0.2) is 10.1 Å². The lowest BCUT2D eigenvalue weighted by Gasteiger charge is -2.12. The number of fused-ring (bicyclic) bond motifs is 4. The van der Waals surface area contributed by atoms with E-state index in [0.29, 0.717) is 9.99 Å². The minimum atomic E-state index is 0.176.